The molecule has 0 aliphatic carbocycles. The third-order valence-corrected chi connectivity index (χ3v) is 3.31. The van der Waals surface area contributed by atoms with Crippen LogP contribution in [0.1, 0.15) is 6.92 Å². The van der Waals surface area contributed by atoms with Crippen LogP contribution < -0.4 is 15.0 Å². The maximum atomic E-state index is 11.3. The minimum atomic E-state index is -0.844. The number of nitrogens with one attached hydrogen (secondary N) is 1. The number of ether oxygens (including phenoxy) is 1. The summed E-state index contributed by atoms with van der Waals surface area (Å²) in [7, 11) is 0. The van der Waals surface area contributed by atoms with Crippen molar-refractivity contribution in [2.45, 2.75) is 12.5 Å². The highest BCUT2D eigenvalue weighted by Gasteiger charge is 2.40. The lowest BCUT2D eigenvalue weighted by Crippen LogP contribution is -2.60. The van der Waals surface area contributed by atoms with Crippen molar-refractivity contribution in [1.29, 1.82) is 0 Å². The van der Waals surface area contributed by atoms with E-state index in [0.29, 0.717) is 24.5 Å². The molecule has 2 aliphatic heterocycles. The van der Waals surface area contributed by atoms with E-state index in [2.05, 4.69) is 5.32 Å². The zero-order valence-corrected chi connectivity index (χ0v) is 10.8. The molecule has 0 spiro atoms. The first-order chi connectivity index (χ1) is 9.35. The highest BCUT2D eigenvalue weighted by Crippen LogP contribution is 2.42. The van der Waals surface area contributed by atoms with Crippen LogP contribution in [0.3, 0.4) is 0 Å². The fourth-order valence-corrected chi connectivity index (χ4v) is 2.45. The molecule has 0 bridgehead atoms. The smallest absolute Gasteiger partial charge is 0.296 e. The minimum Gasteiger partial charge on any atom is -0.481 e. The molecule has 8 nitrogen and oxygen atoms in total. The normalized spacial score (nSPS) is 19.5. The summed E-state index contributed by atoms with van der Waals surface area (Å²) in [6.45, 7) is 2.13. The number of aliphatic hydroxyl groups is 1. The van der Waals surface area contributed by atoms with Gasteiger partial charge in [0.1, 0.15) is 5.69 Å². The van der Waals surface area contributed by atoms with Gasteiger partial charge in [-0.05, 0) is 13.0 Å². The molecule has 1 aromatic carbocycles. The Hall–Kier alpha value is -2.35. The van der Waals surface area contributed by atoms with E-state index in [1.165, 1.54) is 12.1 Å². The Bertz CT molecular complexity index is 605. The number of hydrogen-bond donors (Lipinski definition) is 2. The summed E-state index contributed by atoms with van der Waals surface area (Å²) < 4.78 is 5.17. The lowest BCUT2D eigenvalue weighted by atomic mass is 9.95. The van der Waals surface area contributed by atoms with E-state index in [4.69, 9.17) is 4.74 Å². The fourth-order valence-electron chi connectivity index (χ4n) is 2.45. The number of anilines is 2. The van der Waals surface area contributed by atoms with Gasteiger partial charge in [-0.3, -0.25) is 14.9 Å². The van der Waals surface area contributed by atoms with Gasteiger partial charge in [-0.2, -0.15) is 0 Å². The Labute approximate surface area is 114 Å². The van der Waals surface area contributed by atoms with E-state index in [1.807, 2.05) is 0 Å². The van der Waals surface area contributed by atoms with Crippen molar-refractivity contribution >= 4 is 23.0 Å². The Balaban J connectivity index is 2.01. The van der Waals surface area contributed by atoms with Crippen LogP contribution in [-0.4, -0.2) is 41.2 Å². The predicted octanol–water partition coefficient (Wildman–Crippen LogP) is 0.497. The first kappa shape index (κ1) is 12.7. The van der Waals surface area contributed by atoms with Gasteiger partial charge in [-0.25, -0.2) is 0 Å². The SMILES string of the molecule is CC1(O)CN(c2cc3c(cc2[N+](=O)[O-])OCC(=O)N3)C1. The third kappa shape index (κ3) is 2.03. The van der Waals surface area contributed by atoms with Crippen LogP contribution in [0.25, 0.3) is 0 Å². The molecule has 1 saturated heterocycles. The summed E-state index contributed by atoms with van der Waals surface area (Å²) in [5, 5.41) is 23.5. The van der Waals surface area contributed by atoms with Gasteiger partial charge in [0.2, 0.25) is 0 Å². The number of fused-ring (bicyclic) bond motifs is 1. The Kier molecular flexibility index (Phi) is 2.58. The number of benzene rings is 1. The van der Waals surface area contributed by atoms with E-state index in [1.54, 1.807) is 11.8 Å². The molecule has 2 aliphatic rings. The maximum Gasteiger partial charge on any atom is 0.296 e. The molecule has 0 unspecified atom stereocenters. The number of nitro benzene ring substituents is 1. The van der Waals surface area contributed by atoms with E-state index < -0.39 is 10.5 Å². The van der Waals surface area contributed by atoms with Crippen molar-refractivity contribution in [3.05, 3.63) is 22.2 Å². The van der Waals surface area contributed by atoms with Crippen molar-refractivity contribution in [3.8, 4) is 5.75 Å². The number of carbonyl (C=O) groups excluding carboxylic acids is 1. The predicted molar refractivity (Wildman–Crippen MR) is 70.1 cm³/mol. The van der Waals surface area contributed by atoms with Crippen molar-refractivity contribution in [3.63, 3.8) is 0 Å². The van der Waals surface area contributed by atoms with E-state index in [0.717, 1.165) is 0 Å². The molecule has 106 valence electrons. The number of nitrogens with zero attached hydrogens (tertiary/aromatic N) is 2. The van der Waals surface area contributed by atoms with E-state index >= 15 is 0 Å². The molecule has 2 N–H and O–H groups in total. The molecule has 0 radical (unpaired) electrons. The summed E-state index contributed by atoms with van der Waals surface area (Å²) in [5.74, 6) is -0.0137. The van der Waals surface area contributed by atoms with Gasteiger partial charge < -0.3 is 20.1 Å². The van der Waals surface area contributed by atoms with Gasteiger partial charge >= 0.3 is 0 Å². The maximum absolute atomic E-state index is 11.3. The van der Waals surface area contributed by atoms with Crippen LogP contribution >= 0.6 is 0 Å². The summed E-state index contributed by atoms with van der Waals surface area (Å²) >= 11 is 0. The van der Waals surface area contributed by atoms with Gasteiger partial charge in [-0.1, -0.05) is 0 Å². The van der Waals surface area contributed by atoms with Gasteiger partial charge in [0, 0.05) is 13.1 Å². The summed E-state index contributed by atoms with van der Waals surface area (Å²) in [6.07, 6.45) is 0. The number of carbonyl (C=O) groups is 1. The second kappa shape index (κ2) is 4.07. The number of amides is 1. The van der Waals surface area contributed by atoms with Crippen LogP contribution in [0, 0.1) is 10.1 Å². The molecular formula is C12H13N3O5. The second-order valence-corrected chi connectivity index (χ2v) is 5.28. The van der Waals surface area contributed by atoms with Crippen molar-refractivity contribution in [2.75, 3.05) is 29.9 Å². The van der Waals surface area contributed by atoms with Crippen LogP contribution in [0.2, 0.25) is 0 Å². The Morgan fingerprint density at radius 3 is 2.80 bits per heavy atom. The molecule has 1 fully saturated rings. The average molecular weight is 279 g/mol. The van der Waals surface area contributed by atoms with Crippen molar-refractivity contribution in [1.82, 2.24) is 0 Å². The molecule has 1 amide bonds. The first-order valence-electron chi connectivity index (χ1n) is 6.08. The van der Waals surface area contributed by atoms with Crippen molar-refractivity contribution < 1.29 is 19.6 Å². The zero-order chi connectivity index (χ0) is 14.5. The summed E-state index contributed by atoms with van der Waals surface area (Å²) in [4.78, 5) is 23.6. The van der Waals surface area contributed by atoms with Crippen LogP contribution in [-0.2, 0) is 4.79 Å². The number of β-amino-alcohol motifs (C(OH)–C–C–N with tert-alkyl or cyclic N) is 1. The molecule has 2 heterocycles. The Morgan fingerprint density at radius 1 is 1.50 bits per heavy atom. The minimum absolute atomic E-state index is 0.101. The number of nitro groups is 1. The van der Waals surface area contributed by atoms with Crippen molar-refractivity contribution in [2.24, 2.45) is 0 Å². The Morgan fingerprint density at radius 2 is 2.20 bits per heavy atom. The second-order valence-electron chi connectivity index (χ2n) is 5.28. The lowest BCUT2D eigenvalue weighted by molar-refractivity contribution is -0.384. The molecule has 1 aromatic rings. The van der Waals surface area contributed by atoms with Gasteiger partial charge in [0.25, 0.3) is 11.6 Å². The van der Waals surface area contributed by atoms with Gasteiger partial charge in [0.05, 0.1) is 22.3 Å². The van der Waals surface area contributed by atoms with E-state index in [-0.39, 0.29) is 24.0 Å². The standard InChI is InChI=1S/C12H13N3O5/c1-12(17)5-14(6-12)8-2-7-10(3-9(8)15(18)19)20-4-11(16)13-7/h2-3,17H,4-6H2,1H3,(H,13,16). The van der Waals surface area contributed by atoms with E-state index in [9.17, 15) is 20.0 Å². The van der Waals surface area contributed by atoms with Gasteiger partial charge in [-0.15, -0.1) is 0 Å². The highest BCUT2D eigenvalue weighted by molar-refractivity contribution is 5.97. The molecule has 0 aromatic heterocycles. The van der Waals surface area contributed by atoms with Crippen LogP contribution in [0.4, 0.5) is 17.1 Å². The third-order valence-electron chi connectivity index (χ3n) is 3.31. The topological polar surface area (TPSA) is 105 Å². The monoisotopic (exact) mass is 279 g/mol. The molecule has 8 heteroatoms. The largest absolute Gasteiger partial charge is 0.481 e. The molecule has 20 heavy (non-hydrogen) atoms. The van der Waals surface area contributed by atoms with Crippen LogP contribution in [0.15, 0.2) is 12.1 Å². The summed E-state index contributed by atoms with van der Waals surface area (Å²) in [6, 6.07) is 2.82. The molecule has 0 saturated carbocycles. The number of rotatable bonds is 2. The summed E-state index contributed by atoms with van der Waals surface area (Å²) in [5.41, 5.74) is -0.168. The highest BCUT2D eigenvalue weighted by atomic mass is 16.6. The van der Waals surface area contributed by atoms with Gasteiger partial charge in [0.15, 0.2) is 12.4 Å². The lowest BCUT2D eigenvalue weighted by Gasteiger charge is -2.45. The molecule has 0 atom stereocenters. The van der Waals surface area contributed by atoms with Crippen LogP contribution in [0.5, 0.6) is 5.75 Å². The quantitative estimate of drug-likeness (QED) is 0.603. The average Bonchev–Trinajstić information content (AvgIpc) is 2.34. The molecule has 3 rings (SSSR count). The number of hydrogen-bond acceptors (Lipinski definition) is 6. The molecular weight excluding hydrogens is 266 g/mol. The zero-order valence-electron chi connectivity index (χ0n) is 10.8. The fraction of sp³-hybridized carbons (Fsp3) is 0.417. The first-order valence-corrected chi connectivity index (χ1v) is 6.08.